The quantitative estimate of drug-likeness (QED) is 0.0199. The Balaban J connectivity index is 1.36. The number of amides is 1. The van der Waals surface area contributed by atoms with Gasteiger partial charge in [0, 0.05) is 6.42 Å². The highest BCUT2D eigenvalue weighted by Crippen LogP contribution is 2.33. The standard InChI is InChI=1S/C96H161NO18/c1-3-5-7-9-11-13-15-17-19-21-23-25-27-29-31-33-35-36-37-38-39-40-41-42-44-46-48-50-52-54-56-58-60-62-64-66-68-70-72-74-84(102)97-79(80(101)73-71-69-67-65-63-61-59-57-55-53-51-49-47-45-43-34-32-30-28-26-24-22-20-18-16-14-12-10-8-6-4-2)78-110-94-90(108)87(105)92(82(76-99)112-94)115-96-91(109)88(106)93(83(77-100)113-96)114-95-89(107)86(104)85(103)81(75-98)111-95/h5,7,11,13,17,19,23,25,29,31,35-36,38-39,41-42,46,48,52,54,58,60,64,66,71,73,79-83,85-96,98-101,103-109H,3-4,6,8-10,12,14-16,18,20-22,24,26-28,30,32-34,37,40,43-45,47,49-51,53,55-57,59,61-63,65,67-70,72,74-78H2,1-2H3,(H,97,102)/b7-5-,13-11-,19-17-,25-23-,31-29-,36-35-,39-38-,42-41-,48-46-,54-52-,60-58-,66-64-,73-71+. The molecule has 3 saturated heterocycles. The third-order valence-electron chi connectivity index (χ3n) is 21.3. The maximum atomic E-state index is 13.5. The van der Waals surface area contributed by atoms with Crippen LogP contribution in [0.2, 0.25) is 0 Å². The summed E-state index contributed by atoms with van der Waals surface area (Å²) < 4.78 is 34.5. The first-order valence-electron chi connectivity index (χ1n) is 45.2. The van der Waals surface area contributed by atoms with Gasteiger partial charge in [-0.2, -0.15) is 0 Å². The molecule has 17 unspecified atom stereocenters. The smallest absolute Gasteiger partial charge is 0.220 e. The molecule has 0 bridgehead atoms. The highest BCUT2D eigenvalue weighted by Gasteiger charge is 2.54. The van der Waals surface area contributed by atoms with Crippen LogP contribution in [0.1, 0.15) is 309 Å². The molecule has 3 heterocycles. The van der Waals surface area contributed by atoms with E-state index in [4.69, 9.17) is 28.4 Å². The average molecular weight is 1620 g/mol. The van der Waals surface area contributed by atoms with E-state index < -0.39 is 124 Å². The second-order valence-electron chi connectivity index (χ2n) is 31.3. The Morgan fingerprint density at radius 3 is 0.939 bits per heavy atom. The van der Waals surface area contributed by atoms with Gasteiger partial charge in [-0.25, -0.2) is 0 Å². The predicted octanol–water partition coefficient (Wildman–Crippen LogP) is 17.5. The molecule has 0 saturated carbocycles. The molecule has 0 aliphatic carbocycles. The Bertz CT molecular complexity index is 2700. The minimum absolute atomic E-state index is 0.178. The van der Waals surface area contributed by atoms with E-state index in [0.717, 1.165) is 116 Å². The molecule has 3 rings (SSSR count). The van der Waals surface area contributed by atoms with Crippen LogP contribution in [0.15, 0.2) is 158 Å². The molecule has 0 aromatic rings. The molecule has 19 nitrogen and oxygen atoms in total. The highest BCUT2D eigenvalue weighted by molar-refractivity contribution is 5.76. The fourth-order valence-corrected chi connectivity index (χ4v) is 14.2. The van der Waals surface area contributed by atoms with E-state index >= 15 is 0 Å². The topological polar surface area (TPSA) is 307 Å². The monoisotopic (exact) mass is 1620 g/mol. The lowest BCUT2D eigenvalue weighted by molar-refractivity contribution is -0.379. The van der Waals surface area contributed by atoms with Crippen LogP contribution in [0, 0.1) is 0 Å². The van der Waals surface area contributed by atoms with Crippen molar-refractivity contribution in [1.29, 1.82) is 0 Å². The van der Waals surface area contributed by atoms with Crippen molar-refractivity contribution < 1.29 is 89.4 Å². The molecule has 115 heavy (non-hydrogen) atoms. The van der Waals surface area contributed by atoms with Gasteiger partial charge < -0.3 is 89.9 Å². The average Bonchev–Trinajstić information content (AvgIpc) is 0.779. The maximum absolute atomic E-state index is 13.5. The van der Waals surface area contributed by atoms with Gasteiger partial charge in [0.15, 0.2) is 18.9 Å². The molecule has 3 fully saturated rings. The van der Waals surface area contributed by atoms with E-state index in [2.05, 4.69) is 165 Å². The third-order valence-corrected chi connectivity index (χ3v) is 21.3. The van der Waals surface area contributed by atoms with Crippen molar-refractivity contribution in [2.45, 2.75) is 413 Å². The Morgan fingerprint density at radius 2 is 0.600 bits per heavy atom. The largest absolute Gasteiger partial charge is 0.394 e. The summed E-state index contributed by atoms with van der Waals surface area (Å²) in [6.07, 6.45) is 82.4. The lowest BCUT2D eigenvalue weighted by atomic mass is 9.96. The molecule has 19 heteroatoms. The van der Waals surface area contributed by atoms with Gasteiger partial charge in [-0.15, -0.1) is 0 Å². The summed E-state index contributed by atoms with van der Waals surface area (Å²) in [5.74, 6) is -0.321. The van der Waals surface area contributed by atoms with Crippen LogP contribution in [0.25, 0.3) is 0 Å². The third kappa shape index (κ3) is 51.6. The number of carbonyl (C=O) groups is 1. The summed E-state index contributed by atoms with van der Waals surface area (Å²) in [6.45, 7) is 1.61. The van der Waals surface area contributed by atoms with Crippen molar-refractivity contribution in [3.05, 3.63) is 158 Å². The van der Waals surface area contributed by atoms with E-state index in [1.807, 2.05) is 6.08 Å². The molecule has 0 radical (unpaired) electrons. The number of allylic oxidation sites excluding steroid dienone is 25. The first kappa shape index (κ1) is 105. The van der Waals surface area contributed by atoms with Gasteiger partial charge in [0.05, 0.1) is 38.6 Å². The van der Waals surface area contributed by atoms with Crippen LogP contribution in [-0.4, -0.2) is 193 Å². The number of aliphatic hydroxyl groups is 11. The number of ether oxygens (including phenoxy) is 6. The first-order valence-corrected chi connectivity index (χ1v) is 45.2. The van der Waals surface area contributed by atoms with Crippen LogP contribution in [-0.2, 0) is 33.2 Å². The van der Waals surface area contributed by atoms with Crippen molar-refractivity contribution >= 4 is 5.91 Å². The summed E-state index contributed by atoms with van der Waals surface area (Å²) in [6, 6.07) is -1.01. The first-order chi connectivity index (χ1) is 56.3. The maximum Gasteiger partial charge on any atom is 0.220 e. The summed E-state index contributed by atoms with van der Waals surface area (Å²) in [5, 5.41) is 121. The molecule has 17 atom stereocenters. The summed E-state index contributed by atoms with van der Waals surface area (Å²) in [7, 11) is 0. The summed E-state index contributed by atoms with van der Waals surface area (Å²) in [4.78, 5) is 13.5. The Hall–Kier alpha value is -4.59. The zero-order chi connectivity index (χ0) is 83.1. The highest BCUT2D eigenvalue weighted by atomic mass is 16.8. The zero-order valence-corrected chi connectivity index (χ0v) is 71.0. The van der Waals surface area contributed by atoms with E-state index in [-0.39, 0.29) is 18.9 Å². The van der Waals surface area contributed by atoms with Gasteiger partial charge in [0.2, 0.25) is 5.91 Å². The Labute approximate surface area is 695 Å². The van der Waals surface area contributed by atoms with Crippen molar-refractivity contribution in [3.63, 3.8) is 0 Å². The number of rotatable bonds is 71. The zero-order valence-electron chi connectivity index (χ0n) is 71.0. The lowest BCUT2D eigenvalue weighted by Crippen LogP contribution is -2.66. The Morgan fingerprint density at radius 1 is 0.322 bits per heavy atom. The van der Waals surface area contributed by atoms with Crippen molar-refractivity contribution in [3.8, 4) is 0 Å². The molecule has 3 aliphatic rings. The molecule has 0 aromatic carbocycles. The summed E-state index contributed by atoms with van der Waals surface area (Å²) >= 11 is 0. The van der Waals surface area contributed by atoms with Crippen molar-refractivity contribution in [2.75, 3.05) is 26.4 Å². The van der Waals surface area contributed by atoms with Crippen molar-refractivity contribution in [2.24, 2.45) is 0 Å². The van der Waals surface area contributed by atoms with Gasteiger partial charge in [-0.05, 0) is 109 Å². The number of aliphatic hydroxyl groups excluding tert-OH is 11. The van der Waals surface area contributed by atoms with Crippen LogP contribution in [0.5, 0.6) is 0 Å². The molecule has 0 aromatic heterocycles. The molecular formula is C96H161NO18. The molecular weight excluding hydrogens is 1460 g/mol. The van der Waals surface area contributed by atoms with Gasteiger partial charge in [0.1, 0.15) is 73.2 Å². The summed E-state index contributed by atoms with van der Waals surface area (Å²) in [5.41, 5.74) is 0. The van der Waals surface area contributed by atoms with Crippen LogP contribution < -0.4 is 5.32 Å². The molecule has 12 N–H and O–H groups in total. The molecule has 3 aliphatic heterocycles. The second kappa shape index (κ2) is 73.3. The van der Waals surface area contributed by atoms with Gasteiger partial charge in [-0.1, -0.05) is 352 Å². The fraction of sp³-hybridized carbons (Fsp3) is 0.719. The second-order valence-corrected chi connectivity index (χ2v) is 31.3. The van der Waals surface area contributed by atoms with Crippen LogP contribution in [0.3, 0.4) is 0 Å². The minimum atomic E-state index is -1.99. The number of nitrogens with one attached hydrogen (secondary N) is 1. The van der Waals surface area contributed by atoms with E-state index in [0.29, 0.717) is 6.42 Å². The van der Waals surface area contributed by atoms with Crippen molar-refractivity contribution in [1.82, 2.24) is 5.32 Å². The fourth-order valence-electron chi connectivity index (χ4n) is 14.2. The SMILES string of the molecule is CC/C=C\C/C=C\C/C=C\C/C=C\C/C=C\C/C=C\C/C=C\C/C=C\C/C=C\C/C=C\C/C=C\C/C=C\CCCCC(=O)NC(COC1OC(CO)C(OC2OC(CO)C(OC3OC(CO)C(O)C(O)C3O)C(O)C2O)C(O)C1O)C(O)/C=C/CCCCCCCCCCCCCCCCCCCCCCCCCCCCCCC. The van der Waals surface area contributed by atoms with Crippen LogP contribution in [0.4, 0.5) is 0 Å². The number of unbranched alkanes of at least 4 members (excludes halogenated alkanes) is 31. The van der Waals surface area contributed by atoms with E-state index in [9.17, 15) is 61.0 Å². The molecule has 658 valence electrons. The van der Waals surface area contributed by atoms with Gasteiger partial charge in [-0.3, -0.25) is 4.79 Å². The lowest BCUT2D eigenvalue weighted by Gasteiger charge is -2.48. The van der Waals surface area contributed by atoms with Gasteiger partial charge in [0.25, 0.3) is 0 Å². The number of hydrogen-bond donors (Lipinski definition) is 12. The number of carbonyl (C=O) groups excluding carboxylic acids is 1. The molecule has 0 spiro atoms. The van der Waals surface area contributed by atoms with Crippen LogP contribution >= 0.6 is 0 Å². The van der Waals surface area contributed by atoms with E-state index in [1.54, 1.807) is 6.08 Å². The Kier molecular flexibility index (Phi) is 66.7. The predicted molar refractivity (Wildman–Crippen MR) is 465 cm³/mol. The van der Waals surface area contributed by atoms with Gasteiger partial charge >= 0.3 is 0 Å². The van der Waals surface area contributed by atoms with E-state index in [1.165, 1.54) is 167 Å². The number of hydrogen-bond acceptors (Lipinski definition) is 18. The normalized spacial score (nSPS) is 25.4. The minimum Gasteiger partial charge on any atom is -0.394 e. The molecule has 1 amide bonds.